The van der Waals surface area contributed by atoms with Gasteiger partial charge < -0.3 is 51.0 Å². The molecule has 4 amide bonds. The first kappa shape index (κ1) is 54.2. The number of halogens is 2. The Kier molecular flexibility index (Phi) is 18.6. The first-order chi connectivity index (χ1) is 33.7. The van der Waals surface area contributed by atoms with Crippen molar-refractivity contribution in [1.82, 2.24) is 40.8 Å². The van der Waals surface area contributed by atoms with Gasteiger partial charge in [0.1, 0.15) is 23.5 Å². The maximum Gasteiger partial charge on any atom is 0.303 e. The van der Waals surface area contributed by atoms with Crippen molar-refractivity contribution in [2.24, 2.45) is 17.3 Å². The van der Waals surface area contributed by atoms with E-state index in [1.165, 1.54) is 25.8 Å². The third-order valence-electron chi connectivity index (χ3n) is 13.2. The van der Waals surface area contributed by atoms with Crippen LogP contribution in [-0.4, -0.2) is 117 Å². The molecule has 3 aromatic heterocycles. The lowest BCUT2D eigenvalue weighted by Crippen LogP contribution is -2.53. The van der Waals surface area contributed by atoms with Crippen molar-refractivity contribution in [1.29, 1.82) is 0 Å². The predicted octanol–water partition coefficient (Wildman–Crippen LogP) is 5.95. The number of anilines is 2. The Balaban J connectivity index is 0.973. The molecule has 386 valence electrons. The highest BCUT2D eigenvalue weighted by molar-refractivity contribution is 5.98. The van der Waals surface area contributed by atoms with Crippen LogP contribution >= 0.6 is 0 Å². The van der Waals surface area contributed by atoms with Gasteiger partial charge in [-0.25, -0.2) is 23.7 Å². The van der Waals surface area contributed by atoms with Gasteiger partial charge in [0.25, 0.3) is 0 Å². The SMILES string of the molecule is CC(C)NCC(C)(C)OCCOCCC(C)(C)C(=O)NC(CCC(=O)O)C(=O)NCC(=O)NC(C)C(=O)Nc1ccc(Cn2cc(-c3ncc(F)c(NC4CC5CCC4CC5)n3)c3cc(F)cnc32)cc1. The second-order valence-electron chi connectivity index (χ2n) is 20.4. The van der Waals surface area contributed by atoms with Crippen molar-refractivity contribution in [3.8, 4) is 11.4 Å². The van der Waals surface area contributed by atoms with Crippen LogP contribution in [-0.2, 0) is 40.0 Å². The summed E-state index contributed by atoms with van der Waals surface area (Å²) in [5.74, 6) is -3.27. The van der Waals surface area contributed by atoms with Crippen LogP contribution < -0.4 is 31.9 Å². The number of nitrogens with one attached hydrogen (secondary N) is 6. The second-order valence-corrected chi connectivity index (χ2v) is 20.4. The number of amides is 4. The third kappa shape index (κ3) is 15.7. The molecule has 71 heavy (non-hydrogen) atoms. The van der Waals surface area contributed by atoms with E-state index in [1.54, 1.807) is 44.3 Å². The number of hydrogen-bond donors (Lipinski definition) is 7. The number of carboxylic acid groups (broad SMARTS) is 1. The fourth-order valence-corrected chi connectivity index (χ4v) is 8.87. The zero-order valence-electron chi connectivity index (χ0n) is 41.8. The summed E-state index contributed by atoms with van der Waals surface area (Å²) in [6.07, 6.45) is 9.32. The number of rotatable bonds is 26. The number of carbonyl (C=O) groups excluding carboxylic acids is 4. The first-order valence-corrected chi connectivity index (χ1v) is 24.5. The Morgan fingerprint density at radius 1 is 0.915 bits per heavy atom. The molecule has 7 N–H and O–H groups in total. The van der Waals surface area contributed by atoms with Crippen molar-refractivity contribution in [3.05, 3.63) is 66.1 Å². The number of benzene rings is 1. The average molecular weight is 989 g/mol. The lowest BCUT2D eigenvalue weighted by atomic mass is 9.68. The maximum atomic E-state index is 15.1. The van der Waals surface area contributed by atoms with Crippen LogP contribution in [0.25, 0.3) is 22.4 Å². The summed E-state index contributed by atoms with van der Waals surface area (Å²) in [4.78, 5) is 77.2. The zero-order chi connectivity index (χ0) is 51.5. The van der Waals surface area contributed by atoms with Gasteiger partial charge in [-0.1, -0.05) is 52.7 Å². The van der Waals surface area contributed by atoms with Gasteiger partial charge >= 0.3 is 5.97 Å². The molecule has 20 heteroatoms. The third-order valence-corrected chi connectivity index (χ3v) is 13.2. The van der Waals surface area contributed by atoms with E-state index >= 15 is 4.39 Å². The number of carboxylic acids is 1. The highest BCUT2D eigenvalue weighted by atomic mass is 19.1. The number of pyridine rings is 1. The van der Waals surface area contributed by atoms with Crippen molar-refractivity contribution >= 4 is 52.1 Å². The monoisotopic (exact) mass is 989 g/mol. The molecule has 0 aliphatic heterocycles. The predicted molar refractivity (Wildman–Crippen MR) is 264 cm³/mol. The van der Waals surface area contributed by atoms with Crippen LogP contribution in [0.15, 0.2) is 48.9 Å². The molecule has 3 fully saturated rings. The van der Waals surface area contributed by atoms with Crippen molar-refractivity contribution in [2.45, 2.75) is 136 Å². The van der Waals surface area contributed by atoms with Gasteiger partial charge in [-0.3, -0.25) is 24.0 Å². The summed E-state index contributed by atoms with van der Waals surface area (Å²) >= 11 is 0. The number of nitrogens with zero attached hydrogens (tertiary/aromatic N) is 4. The number of carbonyl (C=O) groups is 5. The van der Waals surface area contributed by atoms with E-state index in [0.29, 0.717) is 72.9 Å². The summed E-state index contributed by atoms with van der Waals surface area (Å²) in [6, 6.07) is 6.50. The number of hydrogen-bond acceptors (Lipinski definition) is 12. The maximum absolute atomic E-state index is 15.1. The first-order valence-electron chi connectivity index (χ1n) is 24.5. The summed E-state index contributed by atoms with van der Waals surface area (Å²) < 4.78 is 43.1. The van der Waals surface area contributed by atoms with E-state index < -0.39 is 71.7 Å². The van der Waals surface area contributed by atoms with Crippen molar-refractivity contribution in [3.63, 3.8) is 0 Å². The Morgan fingerprint density at radius 2 is 1.65 bits per heavy atom. The van der Waals surface area contributed by atoms with Crippen LogP contribution in [0.3, 0.4) is 0 Å². The van der Waals surface area contributed by atoms with E-state index in [2.05, 4.69) is 60.7 Å². The Bertz CT molecular complexity index is 2490. The highest BCUT2D eigenvalue weighted by Crippen LogP contribution is 2.42. The van der Waals surface area contributed by atoms with E-state index in [4.69, 9.17) is 9.47 Å². The quantitative estimate of drug-likeness (QED) is 0.0361. The molecule has 1 aromatic carbocycles. The number of aliphatic carboxylic acids is 1. The normalized spacial score (nSPS) is 17.7. The standard InChI is InChI=1S/C51H70F2N10O8/c1-30(2)57-29-51(6,7)71-21-20-70-19-18-50(4,5)49(69)61-40(16-17-43(65)66)48(68)56-26-42(64)58-31(3)47(67)59-36-14-10-33(11-15-36)27-63-28-38(37-23-35(52)24-55-46(37)63)44-54-25-39(53)45(62-44)60-41-22-32-8-12-34(41)13-9-32/h10-11,14-15,23-25,28,30-32,34,40-41,57H,8-9,12-13,16-22,26-27,29H2,1-7H3,(H,56,68)(H,58,64)(H,59,67)(H,61,69)(H,65,66)(H,54,60,62). The summed E-state index contributed by atoms with van der Waals surface area (Å²) in [6.45, 7) is 14.3. The van der Waals surface area contributed by atoms with Gasteiger partial charge in [0.2, 0.25) is 23.6 Å². The second kappa shape index (κ2) is 24.3. The van der Waals surface area contributed by atoms with E-state index in [9.17, 15) is 33.5 Å². The molecule has 0 radical (unpaired) electrons. The molecule has 2 bridgehead atoms. The molecule has 3 heterocycles. The molecule has 3 atom stereocenters. The van der Waals surface area contributed by atoms with Gasteiger partial charge in [0, 0.05) is 66.4 Å². The number of aromatic nitrogens is 4. The lowest BCUT2D eigenvalue weighted by molar-refractivity contribution is -0.139. The van der Waals surface area contributed by atoms with E-state index in [0.717, 1.165) is 37.2 Å². The Labute approximate surface area is 413 Å². The molecule has 3 aliphatic rings. The lowest BCUT2D eigenvalue weighted by Gasteiger charge is -2.42. The topological polar surface area (TPSA) is 240 Å². The van der Waals surface area contributed by atoms with E-state index in [-0.39, 0.29) is 36.3 Å². The zero-order valence-corrected chi connectivity index (χ0v) is 41.8. The van der Waals surface area contributed by atoms with Crippen molar-refractivity contribution in [2.75, 3.05) is 43.5 Å². The molecule has 18 nitrogen and oxygen atoms in total. The highest BCUT2D eigenvalue weighted by Gasteiger charge is 2.36. The molecule has 3 aliphatic carbocycles. The summed E-state index contributed by atoms with van der Waals surface area (Å²) in [7, 11) is 0. The Hall–Kier alpha value is -6.12. The van der Waals surface area contributed by atoms with Crippen LogP contribution in [0.5, 0.6) is 0 Å². The largest absolute Gasteiger partial charge is 0.481 e. The fraction of sp³-hybridized carbons (Fsp3) is 0.569. The minimum Gasteiger partial charge on any atom is -0.481 e. The average Bonchev–Trinajstić information content (AvgIpc) is 3.68. The summed E-state index contributed by atoms with van der Waals surface area (Å²) in [5.41, 5.74) is 0.848. The molecule has 4 aromatic rings. The molecule has 0 spiro atoms. The molecule has 0 saturated heterocycles. The minimum atomic E-state index is -1.25. The van der Waals surface area contributed by atoms with Crippen LogP contribution in [0, 0.1) is 28.9 Å². The summed E-state index contributed by atoms with van der Waals surface area (Å²) in [5, 5.41) is 26.8. The van der Waals surface area contributed by atoms with Crippen LogP contribution in [0.1, 0.15) is 105 Å². The Morgan fingerprint density at radius 3 is 2.32 bits per heavy atom. The molecular formula is C51H70F2N10O8. The van der Waals surface area contributed by atoms with Gasteiger partial charge in [0.05, 0.1) is 37.8 Å². The minimum absolute atomic E-state index is 0.128. The molecule has 3 unspecified atom stereocenters. The van der Waals surface area contributed by atoms with Crippen molar-refractivity contribution < 1.29 is 47.3 Å². The van der Waals surface area contributed by atoms with Gasteiger partial charge in [-0.05, 0) is 88.5 Å². The van der Waals surface area contributed by atoms with Crippen LogP contribution in [0.2, 0.25) is 0 Å². The molecular weight excluding hydrogens is 919 g/mol. The van der Waals surface area contributed by atoms with Gasteiger partial charge in [-0.15, -0.1) is 0 Å². The van der Waals surface area contributed by atoms with Gasteiger partial charge in [0.15, 0.2) is 17.5 Å². The van der Waals surface area contributed by atoms with Gasteiger partial charge in [-0.2, -0.15) is 0 Å². The number of ether oxygens (including phenoxy) is 2. The fourth-order valence-electron chi connectivity index (χ4n) is 8.87. The number of fused-ring (bicyclic) bond motifs is 4. The molecule has 3 saturated carbocycles. The van der Waals surface area contributed by atoms with E-state index in [1.807, 2.05) is 18.4 Å². The van der Waals surface area contributed by atoms with Crippen LogP contribution in [0.4, 0.5) is 20.3 Å². The molecule has 7 rings (SSSR count). The smallest absolute Gasteiger partial charge is 0.303 e.